The van der Waals surface area contributed by atoms with Crippen molar-refractivity contribution in [2.75, 3.05) is 44.3 Å². The summed E-state index contributed by atoms with van der Waals surface area (Å²) in [5.41, 5.74) is 1.85. The molecule has 0 saturated carbocycles. The minimum absolute atomic E-state index is 0. The van der Waals surface area contributed by atoms with E-state index in [9.17, 15) is 9.59 Å². The van der Waals surface area contributed by atoms with Gasteiger partial charge in [0.25, 0.3) is 5.91 Å². The van der Waals surface area contributed by atoms with Crippen molar-refractivity contribution in [3.05, 3.63) is 54.1 Å². The Morgan fingerprint density at radius 1 is 0.871 bits per heavy atom. The standard InChI is InChI=1S/C23H25N3O4.ClH/c27-22-15-19(25-10-8-24(9-11-25)16-17-4-2-1-3-5-17)23(28)26(22)18-6-7-20-21(14-18)30-13-12-29-20;/h1-7,14,19H,8-13,15-16H2;1H. The Morgan fingerprint density at radius 2 is 1.58 bits per heavy atom. The average Bonchev–Trinajstić information content (AvgIpc) is 3.08. The maximum Gasteiger partial charge on any atom is 0.251 e. The molecule has 3 heterocycles. The topological polar surface area (TPSA) is 62.3 Å². The first-order valence-electron chi connectivity index (χ1n) is 10.5. The van der Waals surface area contributed by atoms with E-state index in [-0.39, 0.29) is 36.7 Å². The number of imide groups is 1. The van der Waals surface area contributed by atoms with Gasteiger partial charge in [-0.15, -0.1) is 12.4 Å². The highest BCUT2D eigenvalue weighted by Gasteiger charge is 2.43. The molecule has 1 unspecified atom stereocenters. The fraction of sp³-hybridized carbons (Fsp3) is 0.391. The maximum atomic E-state index is 13.1. The molecule has 1 atom stereocenters. The number of piperazine rings is 1. The van der Waals surface area contributed by atoms with Gasteiger partial charge >= 0.3 is 0 Å². The Bertz CT molecular complexity index is 947. The zero-order valence-electron chi connectivity index (χ0n) is 17.2. The summed E-state index contributed by atoms with van der Waals surface area (Å²) in [4.78, 5) is 31.7. The first-order valence-corrected chi connectivity index (χ1v) is 10.5. The Kier molecular flexibility index (Phi) is 6.46. The van der Waals surface area contributed by atoms with Gasteiger partial charge in [-0.05, 0) is 17.7 Å². The van der Waals surface area contributed by atoms with E-state index in [1.54, 1.807) is 18.2 Å². The highest BCUT2D eigenvalue weighted by Crippen LogP contribution is 2.36. The number of amides is 2. The van der Waals surface area contributed by atoms with Crippen LogP contribution in [0.3, 0.4) is 0 Å². The molecule has 3 aliphatic rings. The lowest BCUT2D eigenvalue weighted by molar-refractivity contribution is -0.123. The molecule has 31 heavy (non-hydrogen) atoms. The fourth-order valence-corrected chi connectivity index (χ4v) is 4.42. The zero-order chi connectivity index (χ0) is 20.5. The third-order valence-electron chi connectivity index (χ3n) is 6.00. The van der Waals surface area contributed by atoms with E-state index in [1.807, 2.05) is 6.07 Å². The summed E-state index contributed by atoms with van der Waals surface area (Å²) in [7, 11) is 0. The number of hydrogen-bond acceptors (Lipinski definition) is 6. The number of halogens is 1. The van der Waals surface area contributed by atoms with Crippen LogP contribution in [-0.4, -0.2) is 67.0 Å². The van der Waals surface area contributed by atoms with E-state index in [0.29, 0.717) is 30.4 Å². The van der Waals surface area contributed by atoms with Crippen molar-refractivity contribution < 1.29 is 19.1 Å². The monoisotopic (exact) mass is 443 g/mol. The minimum atomic E-state index is -0.385. The SMILES string of the molecule is Cl.O=C1CC(N2CCN(Cc3ccccc3)CC2)C(=O)N1c1ccc2c(c1)OCCO2. The van der Waals surface area contributed by atoms with Crippen LogP contribution in [-0.2, 0) is 16.1 Å². The lowest BCUT2D eigenvalue weighted by Gasteiger charge is -2.37. The van der Waals surface area contributed by atoms with Gasteiger partial charge in [0.15, 0.2) is 11.5 Å². The van der Waals surface area contributed by atoms with E-state index in [1.165, 1.54) is 10.5 Å². The number of ether oxygens (including phenoxy) is 2. The van der Waals surface area contributed by atoms with E-state index < -0.39 is 0 Å². The molecule has 3 aliphatic heterocycles. The minimum Gasteiger partial charge on any atom is -0.486 e. The lowest BCUT2D eigenvalue weighted by atomic mass is 10.1. The van der Waals surface area contributed by atoms with Crippen molar-refractivity contribution in [1.82, 2.24) is 9.80 Å². The van der Waals surface area contributed by atoms with Crippen molar-refractivity contribution in [2.45, 2.75) is 19.0 Å². The van der Waals surface area contributed by atoms with Crippen molar-refractivity contribution in [3.8, 4) is 11.5 Å². The van der Waals surface area contributed by atoms with Crippen molar-refractivity contribution >= 4 is 29.9 Å². The first kappa shape index (κ1) is 21.6. The molecule has 2 aromatic carbocycles. The molecular formula is C23H26ClN3O4. The molecule has 2 fully saturated rings. The van der Waals surface area contributed by atoms with E-state index >= 15 is 0 Å². The van der Waals surface area contributed by atoms with E-state index in [0.717, 1.165) is 32.7 Å². The lowest BCUT2D eigenvalue weighted by Crippen LogP contribution is -2.52. The molecule has 5 rings (SSSR count). The highest BCUT2D eigenvalue weighted by atomic mass is 35.5. The Hall–Kier alpha value is -2.61. The summed E-state index contributed by atoms with van der Waals surface area (Å²) in [5.74, 6) is 0.925. The third-order valence-corrected chi connectivity index (χ3v) is 6.00. The number of carbonyl (C=O) groups is 2. The molecule has 0 aromatic heterocycles. The molecule has 8 heteroatoms. The number of nitrogens with zero attached hydrogens (tertiary/aromatic N) is 3. The number of hydrogen-bond donors (Lipinski definition) is 0. The molecule has 0 N–H and O–H groups in total. The Balaban J connectivity index is 0.00000231. The molecule has 2 aromatic rings. The van der Waals surface area contributed by atoms with Crippen LogP contribution in [0.1, 0.15) is 12.0 Å². The van der Waals surface area contributed by atoms with Gasteiger partial charge in [0.1, 0.15) is 13.2 Å². The second-order valence-corrected chi connectivity index (χ2v) is 7.91. The maximum absolute atomic E-state index is 13.1. The summed E-state index contributed by atoms with van der Waals surface area (Å²) < 4.78 is 11.1. The summed E-state index contributed by atoms with van der Waals surface area (Å²) >= 11 is 0. The van der Waals surface area contributed by atoms with Gasteiger partial charge in [-0.1, -0.05) is 30.3 Å². The van der Waals surface area contributed by atoms with E-state index in [4.69, 9.17) is 9.47 Å². The quantitative estimate of drug-likeness (QED) is 0.676. The largest absolute Gasteiger partial charge is 0.486 e. The number of anilines is 1. The van der Waals surface area contributed by atoms with Crippen molar-refractivity contribution in [1.29, 1.82) is 0 Å². The second kappa shape index (κ2) is 9.26. The number of carbonyl (C=O) groups excluding carboxylic acids is 2. The van der Waals surface area contributed by atoms with Gasteiger partial charge in [0, 0.05) is 38.8 Å². The fourth-order valence-electron chi connectivity index (χ4n) is 4.42. The predicted molar refractivity (Wildman–Crippen MR) is 119 cm³/mol. The van der Waals surface area contributed by atoms with Crippen LogP contribution in [0.5, 0.6) is 11.5 Å². The van der Waals surface area contributed by atoms with Crippen LogP contribution < -0.4 is 14.4 Å². The van der Waals surface area contributed by atoms with Gasteiger partial charge in [-0.2, -0.15) is 0 Å². The van der Waals surface area contributed by atoms with Crippen molar-refractivity contribution in [2.24, 2.45) is 0 Å². The van der Waals surface area contributed by atoms with Gasteiger partial charge in [0.2, 0.25) is 5.91 Å². The third kappa shape index (κ3) is 4.39. The molecular weight excluding hydrogens is 418 g/mol. The molecule has 2 saturated heterocycles. The Morgan fingerprint density at radius 3 is 2.32 bits per heavy atom. The summed E-state index contributed by atoms with van der Waals surface area (Å²) in [6.07, 6.45) is 0.228. The van der Waals surface area contributed by atoms with Crippen LogP contribution in [0.2, 0.25) is 0 Å². The predicted octanol–water partition coefficient (Wildman–Crippen LogP) is 2.33. The number of fused-ring (bicyclic) bond motifs is 1. The Labute approximate surface area is 187 Å². The second-order valence-electron chi connectivity index (χ2n) is 7.91. The van der Waals surface area contributed by atoms with Crippen LogP contribution in [0.15, 0.2) is 48.5 Å². The van der Waals surface area contributed by atoms with Gasteiger partial charge in [-0.25, -0.2) is 4.90 Å². The first-order chi connectivity index (χ1) is 14.7. The summed E-state index contributed by atoms with van der Waals surface area (Å²) in [6.45, 7) is 5.22. The van der Waals surface area contributed by atoms with Crippen LogP contribution in [0.25, 0.3) is 0 Å². The van der Waals surface area contributed by atoms with Crippen LogP contribution >= 0.6 is 12.4 Å². The van der Waals surface area contributed by atoms with Gasteiger partial charge < -0.3 is 9.47 Å². The molecule has 0 spiro atoms. The van der Waals surface area contributed by atoms with E-state index in [2.05, 4.69) is 34.1 Å². The highest BCUT2D eigenvalue weighted by molar-refractivity contribution is 6.22. The molecule has 164 valence electrons. The normalized spacial score (nSPS) is 21.8. The number of benzene rings is 2. The van der Waals surface area contributed by atoms with Gasteiger partial charge in [-0.3, -0.25) is 19.4 Å². The summed E-state index contributed by atoms with van der Waals surface area (Å²) in [6, 6.07) is 15.3. The zero-order valence-corrected chi connectivity index (χ0v) is 18.1. The summed E-state index contributed by atoms with van der Waals surface area (Å²) in [5, 5.41) is 0. The van der Waals surface area contributed by atoms with Crippen LogP contribution in [0.4, 0.5) is 5.69 Å². The molecule has 0 bridgehead atoms. The molecule has 0 radical (unpaired) electrons. The average molecular weight is 444 g/mol. The van der Waals surface area contributed by atoms with Crippen molar-refractivity contribution in [3.63, 3.8) is 0 Å². The molecule has 2 amide bonds. The molecule has 7 nitrogen and oxygen atoms in total. The smallest absolute Gasteiger partial charge is 0.251 e. The number of rotatable bonds is 4. The molecule has 0 aliphatic carbocycles. The van der Waals surface area contributed by atoms with Gasteiger partial charge in [0.05, 0.1) is 18.2 Å². The van der Waals surface area contributed by atoms with Crippen LogP contribution in [0, 0.1) is 0 Å².